The summed E-state index contributed by atoms with van der Waals surface area (Å²) >= 11 is 0. The highest BCUT2D eigenvalue weighted by molar-refractivity contribution is 5.58. The van der Waals surface area contributed by atoms with Crippen LogP contribution in [-0.4, -0.2) is 38.4 Å². The van der Waals surface area contributed by atoms with Gasteiger partial charge in [0.05, 0.1) is 24.4 Å². The highest BCUT2D eigenvalue weighted by Gasteiger charge is 2.23. The second-order valence-electron chi connectivity index (χ2n) is 4.58. The maximum Gasteiger partial charge on any atom is 0.142 e. The van der Waals surface area contributed by atoms with Crippen molar-refractivity contribution in [3.63, 3.8) is 0 Å². The molecule has 2 unspecified atom stereocenters. The third kappa shape index (κ3) is 2.53. The SMILES string of the molecule is c1ccc2c(c1)NC(CC1CNCCO1)CO2. The highest BCUT2D eigenvalue weighted by atomic mass is 16.5. The summed E-state index contributed by atoms with van der Waals surface area (Å²) in [7, 11) is 0. The average Bonchev–Trinajstić information content (AvgIpc) is 2.40. The molecule has 0 radical (unpaired) electrons. The van der Waals surface area contributed by atoms with Crippen molar-refractivity contribution in [1.29, 1.82) is 0 Å². The van der Waals surface area contributed by atoms with E-state index in [1.54, 1.807) is 0 Å². The monoisotopic (exact) mass is 234 g/mol. The Balaban J connectivity index is 1.60. The number of hydrogen-bond acceptors (Lipinski definition) is 4. The van der Waals surface area contributed by atoms with Crippen LogP contribution in [0.15, 0.2) is 24.3 Å². The van der Waals surface area contributed by atoms with Crippen LogP contribution in [-0.2, 0) is 4.74 Å². The van der Waals surface area contributed by atoms with Crippen molar-refractivity contribution in [3.05, 3.63) is 24.3 Å². The molecule has 1 aromatic rings. The standard InChI is InChI=1S/C13H18N2O2/c1-2-4-13-12(3-1)15-10(9-17-13)7-11-8-14-5-6-16-11/h1-4,10-11,14-15H,5-9H2. The topological polar surface area (TPSA) is 42.5 Å². The van der Waals surface area contributed by atoms with Gasteiger partial charge in [0, 0.05) is 13.1 Å². The van der Waals surface area contributed by atoms with E-state index in [2.05, 4.69) is 16.7 Å². The Morgan fingerprint density at radius 1 is 1.29 bits per heavy atom. The zero-order valence-electron chi connectivity index (χ0n) is 9.82. The van der Waals surface area contributed by atoms with Gasteiger partial charge in [-0.15, -0.1) is 0 Å². The molecule has 2 heterocycles. The summed E-state index contributed by atoms with van der Waals surface area (Å²) in [5.41, 5.74) is 1.09. The van der Waals surface area contributed by atoms with E-state index in [9.17, 15) is 0 Å². The van der Waals surface area contributed by atoms with Gasteiger partial charge in [0.15, 0.2) is 0 Å². The van der Waals surface area contributed by atoms with E-state index in [1.807, 2.05) is 18.2 Å². The van der Waals surface area contributed by atoms with Gasteiger partial charge < -0.3 is 20.1 Å². The molecule has 2 N–H and O–H groups in total. The van der Waals surface area contributed by atoms with Crippen LogP contribution in [0.1, 0.15) is 6.42 Å². The summed E-state index contributed by atoms with van der Waals surface area (Å²) in [6, 6.07) is 8.42. The maximum atomic E-state index is 5.74. The maximum absolute atomic E-state index is 5.74. The summed E-state index contributed by atoms with van der Waals surface area (Å²) in [6.45, 7) is 3.44. The zero-order chi connectivity index (χ0) is 11.5. The second-order valence-corrected chi connectivity index (χ2v) is 4.58. The van der Waals surface area contributed by atoms with Crippen LogP contribution >= 0.6 is 0 Å². The fraction of sp³-hybridized carbons (Fsp3) is 0.538. The summed E-state index contributed by atoms with van der Waals surface area (Å²) in [6.07, 6.45) is 1.29. The molecule has 2 atom stereocenters. The smallest absolute Gasteiger partial charge is 0.142 e. The Morgan fingerprint density at radius 3 is 3.12 bits per heavy atom. The molecular formula is C13H18N2O2. The molecule has 0 aromatic heterocycles. The van der Waals surface area contributed by atoms with Gasteiger partial charge in [0.1, 0.15) is 12.4 Å². The van der Waals surface area contributed by atoms with Gasteiger partial charge in [0.2, 0.25) is 0 Å². The minimum atomic E-state index is 0.301. The van der Waals surface area contributed by atoms with Crippen LogP contribution in [0.4, 0.5) is 5.69 Å². The van der Waals surface area contributed by atoms with Gasteiger partial charge in [-0.1, -0.05) is 12.1 Å². The minimum Gasteiger partial charge on any atom is -0.489 e. The second kappa shape index (κ2) is 4.94. The van der Waals surface area contributed by atoms with Gasteiger partial charge in [-0.25, -0.2) is 0 Å². The van der Waals surface area contributed by atoms with Crippen molar-refractivity contribution in [1.82, 2.24) is 5.32 Å². The molecule has 92 valence electrons. The average molecular weight is 234 g/mol. The first-order valence-corrected chi connectivity index (χ1v) is 6.22. The van der Waals surface area contributed by atoms with Crippen molar-refractivity contribution in [2.75, 3.05) is 31.6 Å². The van der Waals surface area contributed by atoms with Crippen molar-refractivity contribution in [2.24, 2.45) is 0 Å². The van der Waals surface area contributed by atoms with Crippen molar-refractivity contribution in [2.45, 2.75) is 18.6 Å². The Kier molecular flexibility index (Phi) is 3.16. The van der Waals surface area contributed by atoms with E-state index in [4.69, 9.17) is 9.47 Å². The molecule has 4 nitrogen and oxygen atoms in total. The molecule has 2 aliphatic heterocycles. The summed E-state index contributed by atoms with van der Waals surface area (Å²) in [4.78, 5) is 0. The van der Waals surface area contributed by atoms with E-state index in [1.165, 1.54) is 0 Å². The lowest BCUT2D eigenvalue weighted by atomic mass is 10.1. The fourth-order valence-electron chi connectivity index (χ4n) is 2.38. The van der Waals surface area contributed by atoms with Gasteiger partial charge in [-0.2, -0.15) is 0 Å². The van der Waals surface area contributed by atoms with Crippen LogP contribution in [0, 0.1) is 0 Å². The highest BCUT2D eigenvalue weighted by Crippen LogP contribution is 2.29. The number of morpholine rings is 1. The number of ether oxygens (including phenoxy) is 2. The lowest BCUT2D eigenvalue weighted by Crippen LogP contribution is -2.43. The fourth-order valence-corrected chi connectivity index (χ4v) is 2.38. The van der Waals surface area contributed by atoms with Crippen LogP contribution in [0.25, 0.3) is 0 Å². The lowest BCUT2D eigenvalue weighted by molar-refractivity contribution is 0.0176. The molecule has 1 fully saturated rings. The van der Waals surface area contributed by atoms with Crippen LogP contribution in [0.5, 0.6) is 5.75 Å². The Morgan fingerprint density at radius 2 is 2.24 bits per heavy atom. The molecule has 0 saturated carbocycles. The van der Waals surface area contributed by atoms with Crippen LogP contribution in [0.2, 0.25) is 0 Å². The van der Waals surface area contributed by atoms with E-state index in [0.29, 0.717) is 12.1 Å². The molecular weight excluding hydrogens is 216 g/mol. The van der Waals surface area contributed by atoms with Crippen molar-refractivity contribution >= 4 is 5.69 Å². The predicted octanol–water partition coefficient (Wildman–Crippen LogP) is 1.24. The number of benzene rings is 1. The summed E-state index contributed by atoms with van der Waals surface area (Å²) in [5, 5.41) is 6.86. The summed E-state index contributed by atoms with van der Waals surface area (Å²) < 4.78 is 11.4. The number of anilines is 1. The number of fused-ring (bicyclic) bond motifs is 1. The van der Waals surface area contributed by atoms with Gasteiger partial charge >= 0.3 is 0 Å². The Hall–Kier alpha value is -1.26. The van der Waals surface area contributed by atoms with Crippen LogP contribution < -0.4 is 15.4 Å². The Bertz CT molecular complexity index is 377. The van der Waals surface area contributed by atoms with Gasteiger partial charge in [0.25, 0.3) is 0 Å². The number of nitrogens with one attached hydrogen (secondary N) is 2. The number of hydrogen-bond donors (Lipinski definition) is 2. The van der Waals surface area contributed by atoms with Gasteiger partial charge in [-0.3, -0.25) is 0 Å². The minimum absolute atomic E-state index is 0.301. The van der Waals surface area contributed by atoms with E-state index >= 15 is 0 Å². The molecule has 0 aliphatic carbocycles. The van der Waals surface area contributed by atoms with Crippen LogP contribution in [0.3, 0.4) is 0 Å². The number of rotatable bonds is 2. The summed E-state index contributed by atoms with van der Waals surface area (Å²) in [5.74, 6) is 0.950. The molecule has 4 heteroatoms. The third-order valence-corrected chi connectivity index (χ3v) is 3.24. The zero-order valence-corrected chi connectivity index (χ0v) is 9.82. The first-order valence-electron chi connectivity index (χ1n) is 6.22. The molecule has 17 heavy (non-hydrogen) atoms. The molecule has 0 bridgehead atoms. The van der Waals surface area contributed by atoms with Crippen molar-refractivity contribution in [3.8, 4) is 5.75 Å². The largest absolute Gasteiger partial charge is 0.489 e. The molecule has 1 aromatic carbocycles. The molecule has 3 rings (SSSR count). The van der Waals surface area contributed by atoms with Crippen molar-refractivity contribution < 1.29 is 9.47 Å². The van der Waals surface area contributed by atoms with E-state index < -0.39 is 0 Å². The number of para-hydroxylation sites is 2. The predicted molar refractivity (Wildman–Crippen MR) is 66.6 cm³/mol. The Labute approximate surface area is 101 Å². The van der Waals surface area contributed by atoms with E-state index in [0.717, 1.165) is 44.2 Å². The molecule has 1 saturated heterocycles. The first kappa shape index (κ1) is 10.9. The van der Waals surface area contributed by atoms with Gasteiger partial charge in [-0.05, 0) is 18.6 Å². The lowest BCUT2D eigenvalue weighted by Gasteiger charge is -2.31. The quantitative estimate of drug-likeness (QED) is 0.808. The molecule has 2 aliphatic rings. The molecule has 0 amide bonds. The first-order chi connectivity index (χ1) is 8.42. The van der Waals surface area contributed by atoms with E-state index in [-0.39, 0.29) is 0 Å². The normalized spacial score (nSPS) is 27.8. The third-order valence-electron chi connectivity index (χ3n) is 3.24. The molecule has 0 spiro atoms.